The Morgan fingerprint density at radius 3 is 2.61 bits per heavy atom. The molecule has 1 aliphatic heterocycles. The lowest BCUT2D eigenvalue weighted by molar-refractivity contribution is -0.143. The quantitative estimate of drug-likeness (QED) is 0.662. The number of allylic oxidation sites excluding steroid dienone is 3. The highest BCUT2D eigenvalue weighted by molar-refractivity contribution is 7.10. The molecule has 0 radical (unpaired) electrons. The van der Waals surface area contributed by atoms with E-state index in [1.807, 2.05) is 62.5 Å². The minimum atomic E-state index is -0.395. The van der Waals surface area contributed by atoms with Crippen LogP contribution in [0.25, 0.3) is 0 Å². The fourth-order valence-corrected chi connectivity index (χ4v) is 5.39. The Morgan fingerprint density at radius 1 is 1.16 bits per heavy atom. The Kier molecular flexibility index (Phi) is 6.01. The highest BCUT2D eigenvalue weighted by atomic mass is 32.1. The molecule has 0 saturated heterocycles. The van der Waals surface area contributed by atoms with Gasteiger partial charge in [0.05, 0.1) is 24.7 Å². The number of para-hydroxylation sites is 1. The molecule has 0 fully saturated rings. The molecule has 0 amide bonds. The number of nitrogens with one attached hydrogen (secondary N) is 1. The summed E-state index contributed by atoms with van der Waals surface area (Å²) >= 11 is 1.56. The number of rotatable bonds is 5. The highest BCUT2D eigenvalue weighted by Gasteiger charge is 2.42. The third-order valence-corrected chi connectivity index (χ3v) is 6.73. The molecule has 6 heteroatoms. The molecule has 2 atom stereocenters. The number of ether oxygens (including phenoxy) is 2. The maximum absolute atomic E-state index is 13.5. The summed E-state index contributed by atoms with van der Waals surface area (Å²) in [7, 11) is 1.65. The summed E-state index contributed by atoms with van der Waals surface area (Å²) in [5.41, 5.74) is 3.89. The molecule has 31 heavy (non-hydrogen) atoms. The number of thiophene rings is 1. The van der Waals surface area contributed by atoms with E-state index in [0.717, 1.165) is 27.6 Å². The average Bonchev–Trinajstić information content (AvgIpc) is 3.26. The van der Waals surface area contributed by atoms with Gasteiger partial charge in [0, 0.05) is 34.2 Å². The molecular weight excluding hydrogens is 410 g/mol. The number of dihydropyridines is 1. The SMILES string of the molecule is COc1ccccc1C1CC(=O)C2=C(C1)NC(C)=C(C(=O)OC(C)C)C2c1cccs1. The van der Waals surface area contributed by atoms with Crippen molar-refractivity contribution in [3.63, 3.8) is 0 Å². The van der Waals surface area contributed by atoms with Crippen LogP contribution in [0, 0.1) is 0 Å². The number of carbonyl (C=O) groups excluding carboxylic acids is 2. The van der Waals surface area contributed by atoms with Gasteiger partial charge in [-0.25, -0.2) is 4.79 Å². The van der Waals surface area contributed by atoms with Crippen molar-refractivity contribution in [2.24, 2.45) is 0 Å². The lowest BCUT2D eigenvalue weighted by Gasteiger charge is -2.36. The van der Waals surface area contributed by atoms with Crippen LogP contribution in [0.2, 0.25) is 0 Å². The third kappa shape index (κ3) is 4.04. The van der Waals surface area contributed by atoms with Crippen LogP contribution in [-0.2, 0) is 14.3 Å². The van der Waals surface area contributed by atoms with E-state index >= 15 is 0 Å². The number of benzene rings is 1. The zero-order valence-electron chi connectivity index (χ0n) is 18.2. The second-order valence-corrected chi connectivity index (χ2v) is 9.21. The molecule has 2 unspecified atom stereocenters. The van der Waals surface area contributed by atoms with E-state index in [1.165, 1.54) is 0 Å². The molecule has 1 aromatic carbocycles. The molecule has 1 aromatic heterocycles. The van der Waals surface area contributed by atoms with Gasteiger partial charge in [-0.15, -0.1) is 11.3 Å². The van der Waals surface area contributed by atoms with E-state index in [2.05, 4.69) is 5.32 Å². The summed E-state index contributed by atoms with van der Waals surface area (Å²) in [4.78, 5) is 27.5. The van der Waals surface area contributed by atoms with Gasteiger partial charge in [0.25, 0.3) is 0 Å². The molecule has 4 rings (SSSR count). The highest BCUT2D eigenvalue weighted by Crippen LogP contribution is 2.47. The summed E-state index contributed by atoms with van der Waals surface area (Å²) in [5.74, 6) is 0.114. The summed E-state index contributed by atoms with van der Waals surface area (Å²) in [6.45, 7) is 5.55. The maximum atomic E-state index is 13.5. The fourth-order valence-electron chi connectivity index (χ4n) is 4.55. The first-order valence-electron chi connectivity index (χ1n) is 10.5. The van der Waals surface area contributed by atoms with Crippen molar-refractivity contribution >= 4 is 23.1 Å². The van der Waals surface area contributed by atoms with Crippen LogP contribution < -0.4 is 10.1 Å². The Hall–Kier alpha value is -2.86. The lowest BCUT2D eigenvalue weighted by Crippen LogP contribution is -2.36. The number of ketones is 1. The van der Waals surface area contributed by atoms with E-state index in [1.54, 1.807) is 18.4 Å². The predicted octanol–water partition coefficient (Wildman–Crippen LogP) is 5.07. The van der Waals surface area contributed by atoms with Crippen LogP contribution in [0.4, 0.5) is 0 Å². The maximum Gasteiger partial charge on any atom is 0.337 e. The second kappa shape index (κ2) is 8.71. The molecule has 0 spiro atoms. The first kappa shape index (κ1) is 21.4. The van der Waals surface area contributed by atoms with Gasteiger partial charge in [-0.1, -0.05) is 24.3 Å². The molecule has 0 bridgehead atoms. The van der Waals surface area contributed by atoms with E-state index in [4.69, 9.17) is 9.47 Å². The van der Waals surface area contributed by atoms with Crippen molar-refractivity contribution in [3.05, 3.63) is 74.8 Å². The standard InChI is InChI=1S/C25H27NO4S/c1-14(2)30-25(28)22-15(3)26-18-12-16(17-8-5-6-9-20(17)29-4)13-19(27)23(18)24(22)21-10-7-11-31-21/h5-11,14,16,24,26H,12-13H2,1-4H3. The topological polar surface area (TPSA) is 64.6 Å². The third-order valence-electron chi connectivity index (χ3n) is 5.80. The molecule has 2 heterocycles. The van der Waals surface area contributed by atoms with Crippen molar-refractivity contribution in [2.45, 2.75) is 51.6 Å². The number of Topliss-reactive ketones (excluding diaryl/α,β-unsaturated/α-hetero) is 1. The zero-order valence-corrected chi connectivity index (χ0v) is 19.0. The molecule has 0 saturated carbocycles. The van der Waals surface area contributed by atoms with Crippen LogP contribution in [0.15, 0.2) is 64.3 Å². The smallest absolute Gasteiger partial charge is 0.337 e. The minimum absolute atomic E-state index is 0.0239. The van der Waals surface area contributed by atoms with E-state index in [-0.39, 0.29) is 23.8 Å². The second-order valence-electron chi connectivity index (χ2n) is 8.23. The fraction of sp³-hybridized carbons (Fsp3) is 0.360. The molecule has 5 nitrogen and oxygen atoms in total. The number of methoxy groups -OCH3 is 1. The van der Waals surface area contributed by atoms with Crippen LogP contribution in [0.5, 0.6) is 5.75 Å². The molecule has 2 aliphatic rings. The van der Waals surface area contributed by atoms with E-state index < -0.39 is 5.92 Å². The summed E-state index contributed by atoms with van der Waals surface area (Å²) in [6.07, 6.45) is 0.839. The normalized spacial score (nSPS) is 21.1. The zero-order chi connectivity index (χ0) is 22.1. The molecule has 1 N–H and O–H groups in total. The largest absolute Gasteiger partial charge is 0.496 e. The van der Waals surface area contributed by atoms with Crippen LogP contribution in [0.1, 0.15) is 55.9 Å². The van der Waals surface area contributed by atoms with Crippen molar-refractivity contribution in [3.8, 4) is 5.75 Å². The minimum Gasteiger partial charge on any atom is -0.496 e. The number of carbonyl (C=O) groups is 2. The Balaban J connectivity index is 1.76. The Labute approximate surface area is 186 Å². The van der Waals surface area contributed by atoms with E-state index in [0.29, 0.717) is 24.0 Å². The molecule has 162 valence electrons. The van der Waals surface area contributed by atoms with Gasteiger partial charge in [0.1, 0.15) is 5.75 Å². The van der Waals surface area contributed by atoms with Gasteiger partial charge < -0.3 is 14.8 Å². The van der Waals surface area contributed by atoms with Crippen LogP contribution >= 0.6 is 11.3 Å². The molecular formula is C25H27NO4S. The Morgan fingerprint density at radius 2 is 1.94 bits per heavy atom. The van der Waals surface area contributed by atoms with Gasteiger partial charge in [-0.05, 0) is 50.3 Å². The number of hydrogen-bond donors (Lipinski definition) is 1. The van der Waals surface area contributed by atoms with Gasteiger partial charge in [0.2, 0.25) is 0 Å². The van der Waals surface area contributed by atoms with E-state index in [9.17, 15) is 9.59 Å². The average molecular weight is 438 g/mol. The summed E-state index contributed by atoms with van der Waals surface area (Å²) < 4.78 is 11.1. The number of hydrogen-bond acceptors (Lipinski definition) is 6. The first-order chi connectivity index (χ1) is 14.9. The first-order valence-corrected chi connectivity index (χ1v) is 11.4. The lowest BCUT2D eigenvalue weighted by atomic mass is 9.73. The van der Waals surface area contributed by atoms with Gasteiger partial charge in [-0.3, -0.25) is 4.79 Å². The van der Waals surface area contributed by atoms with Gasteiger partial charge in [0.15, 0.2) is 5.78 Å². The van der Waals surface area contributed by atoms with Gasteiger partial charge in [-0.2, -0.15) is 0 Å². The summed E-state index contributed by atoms with van der Waals surface area (Å²) in [5, 5.41) is 5.36. The van der Waals surface area contributed by atoms with Crippen LogP contribution in [-0.4, -0.2) is 25.0 Å². The number of esters is 1. The van der Waals surface area contributed by atoms with Crippen molar-refractivity contribution < 1.29 is 19.1 Å². The van der Waals surface area contributed by atoms with Crippen LogP contribution in [0.3, 0.4) is 0 Å². The van der Waals surface area contributed by atoms with Gasteiger partial charge >= 0.3 is 5.97 Å². The van der Waals surface area contributed by atoms with Crippen molar-refractivity contribution in [2.75, 3.05) is 7.11 Å². The monoisotopic (exact) mass is 437 g/mol. The predicted molar refractivity (Wildman–Crippen MR) is 121 cm³/mol. The molecule has 1 aliphatic carbocycles. The van der Waals surface area contributed by atoms with Crippen molar-refractivity contribution in [1.82, 2.24) is 5.32 Å². The molecule has 2 aromatic rings. The summed E-state index contributed by atoms with van der Waals surface area (Å²) in [6, 6.07) is 11.8. The Bertz CT molecular complexity index is 1060. The van der Waals surface area contributed by atoms with Crippen molar-refractivity contribution in [1.29, 1.82) is 0 Å².